The Morgan fingerprint density at radius 1 is 1.19 bits per heavy atom. The third-order valence-electron chi connectivity index (χ3n) is 4.24. The van der Waals surface area contributed by atoms with E-state index in [4.69, 9.17) is 0 Å². The predicted octanol–water partition coefficient (Wildman–Crippen LogP) is 4.42. The van der Waals surface area contributed by atoms with Crippen LogP contribution in [-0.4, -0.2) is 17.6 Å². The maximum Gasteiger partial charge on any atom is 0.227 e. The summed E-state index contributed by atoms with van der Waals surface area (Å²) in [6, 6.07) is 5.55. The molecule has 0 fully saturated rings. The van der Waals surface area contributed by atoms with Gasteiger partial charge in [0.2, 0.25) is 5.91 Å². The van der Waals surface area contributed by atoms with Crippen LogP contribution in [0.4, 0.5) is 5.69 Å². The molecule has 0 bridgehead atoms. The Morgan fingerprint density at radius 3 is 2.76 bits per heavy atom. The highest BCUT2D eigenvalue weighted by Crippen LogP contribution is 2.35. The van der Waals surface area contributed by atoms with Crippen molar-refractivity contribution in [3.63, 3.8) is 0 Å². The second kappa shape index (κ2) is 8.06. The monoisotopic (exact) mass is 289 g/mol. The molecule has 1 aliphatic rings. The van der Waals surface area contributed by atoms with E-state index in [9.17, 15) is 9.90 Å². The van der Waals surface area contributed by atoms with Crippen molar-refractivity contribution in [1.29, 1.82) is 0 Å². The maximum absolute atomic E-state index is 12.4. The molecular weight excluding hydrogens is 262 g/mol. The number of anilines is 1. The molecule has 21 heavy (non-hydrogen) atoms. The van der Waals surface area contributed by atoms with Crippen LogP contribution in [0.5, 0.6) is 5.75 Å². The lowest BCUT2D eigenvalue weighted by Crippen LogP contribution is -2.35. The van der Waals surface area contributed by atoms with Gasteiger partial charge in [-0.2, -0.15) is 0 Å². The minimum Gasteiger partial charge on any atom is -0.506 e. The molecule has 2 rings (SSSR count). The van der Waals surface area contributed by atoms with E-state index in [1.807, 2.05) is 12.1 Å². The molecule has 1 amide bonds. The second-order valence-corrected chi connectivity index (χ2v) is 5.95. The van der Waals surface area contributed by atoms with Gasteiger partial charge in [0, 0.05) is 13.0 Å². The van der Waals surface area contributed by atoms with Crippen molar-refractivity contribution in [3.8, 4) is 5.75 Å². The summed E-state index contributed by atoms with van der Waals surface area (Å²) in [7, 11) is 0. The molecule has 0 atom stereocenters. The zero-order chi connectivity index (χ0) is 15.1. The molecule has 1 N–H and O–H groups in total. The lowest BCUT2D eigenvalue weighted by atomic mass is 10.00. The Kier molecular flexibility index (Phi) is 6.09. The molecule has 0 saturated heterocycles. The number of hydrogen-bond acceptors (Lipinski definition) is 2. The molecule has 0 aliphatic carbocycles. The normalized spacial score (nSPS) is 14.0. The number of phenols is 1. The Hall–Kier alpha value is -1.51. The Morgan fingerprint density at radius 2 is 1.95 bits per heavy atom. The first kappa shape index (κ1) is 15.9. The summed E-state index contributed by atoms with van der Waals surface area (Å²) in [6.07, 6.45) is 9.67. The fourth-order valence-corrected chi connectivity index (χ4v) is 3.07. The highest BCUT2D eigenvalue weighted by molar-refractivity contribution is 5.96. The molecule has 3 heteroatoms. The summed E-state index contributed by atoms with van der Waals surface area (Å²) in [6.45, 7) is 2.95. The first-order chi connectivity index (χ1) is 10.2. The van der Waals surface area contributed by atoms with E-state index in [2.05, 4.69) is 6.92 Å². The molecule has 116 valence electrons. The van der Waals surface area contributed by atoms with Crippen molar-refractivity contribution in [3.05, 3.63) is 23.8 Å². The van der Waals surface area contributed by atoms with Gasteiger partial charge in [0.05, 0.1) is 5.69 Å². The predicted molar refractivity (Wildman–Crippen MR) is 86.8 cm³/mol. The molecule has 1 heterocycles. The van der Waals surface area contributed by atoms with Gasteiger partial charge in [-0.1, -0.05) is 51.2 Å². The lowest BCUT2D eigenvalue weighted by molar-refractivity contribution is -0.118. The maximum atomic E-state index is 12.4. The van der Waals surface area contributed by atoms with Gasteiger partial charge in [-0.05, 0) is 30.9 Å². The van der Waals surface area contributed by atoms with Gasteiger partial charge in [-0.25, -0.2) is 0 Å². The van der Waals surface area contributed by atoms with Gasteiger partial charge in [-0.15, -0.1) is 0 Å². The van der Waals surface area contributed by atoms with Crippen LogP contribution >= 0.6 is 0 Å². The van der Waals surface area contributed by atoms with E-state index in [0.29, 0.717) is 6.42 Å². The molecule has 1 aromatic carbocycles. The van der Waals surface area contributed by atoms with Crippen molar-refractivity contribution < 1.29 is 9.90 Å². The minimum absolute atomic E-state index is 0.160. The number of fused-ring (bicyclic) bond motifs is 1. The van der Waals surface area contributed by atoms with Crippen LogP contribution in [0, 0.1) is 0 Å². The van der Waals surface area contributed by atoms with E-state index in [0.717, 1.165) is 43.5 Å². The summed E-state index contributed by atoms with van der Waals surface area (Å²) in [4.78, 5) is 14.2. The Labute approximate surface area is 128 Å². The summed E-state index contributed by atoms with van der Waals surface area (Å²) >= 11 is 0. The molecule has 0 radical (unpaired) electrons. The quantitative estimate of drug-likeness (QED) is 0.755. The van der Waals surface area contributed by atoms with Gasteiger partial charge in [0.1, 0.15) is 5.75 Å². The SMILES string of the molecule is CCCCCCCCC(=O)N1CCCc2cccc(O)c21. The standard InChI is InChI=1S/C18H27NO2/c1-2-3-4-5-6-7-13-17(21)19-14-9-11-15-10-8-12-16(20)18(15)19/h8,10,12,20H,2-7,9,11,13-14H2,1H3. The highest BCUT2D eigenvalue weighted by Gasteiger charge is 2.24. The van der Waals surface area contributed by atoms with Gasteiger partial charge in [-0.3, -0.25) is 4.79 Å². The first-order valence-corrected chi connectivity index (χ1v) is 8.35. The van der Waals surface area contributed by atoms with E-state index in [1.54, 1.807) is 11.0 Å². The lowest BCUT2D eigenvalue weighted by Gasteiger charge is -2.30. The van der Waals surface area contributed by atoms with Crippen LogP contribution in [0.15, 0.2) is 18.2 Å². The zero-order valence-electron chi connectivity index (χ0n) is 13.1. The van der Waals surface area contributed by atoms with Gasteiger partial charge < -0.3 is 10.0 Å². The van der Waals surface area contributed by atoms with Gasteiger partial charge in [0.15, 0.2) is 0 Å². The van der Waals surface area contributed by atoms with Crippen molar-refractivity contribution in [1.82, 2.24) is 0 Å². The van der Waals surface area contributed by atoms with Crippen molar-refractivity contribution in [2.24, 2.45) is 0 Å². The Balaban J connectivity index is 1.87. The topological polar surface area (TPSA) is 40.5 Å². The fraction of sp³-hybridized carbons (Fsp3) is 0.611. The third kappa shape index (κ3) is 4.23. The van der Waals surface area contributed by atoms with Crippen molar-refractivity contribution in [2.45, 2.75) is 64.7 Å². The van der Waals surface area contributed by atoms with Crippen LogP contribution in [0.2, 0.25) is 0 Å². The summed E-state index contributed by atoms with van der Waals surface area (Å²) < 4.78 is 0. The molecule has 0 spiro atoms. The van der Waals surface area contributed by atoms with E-state index < -0.39 is 0 Å². The summed E-state index contributed by atoms with van der Waals surface area (Å²) in [5.74, 6) is 0.399. The largest absolute Gasteiger partial charge is 0.506 e. The number of aryl methyl sites for hydroxylation is 1. The summed E-state index contributed by atoms with van der Waals surface area (Å²) in [5.41, 5.74) is 1.84. The third-order valence-corrected chi connectivity index (χ3v) is 4.24. The smallest absolute Gasteiger partial charge is 0.227 e. The average Bonchev–Trinajstić information content (AvgIpc) is 2.50. The van der Waals surface area contributed by atoms with Gasteiger partial charge in [0.25, 0.3) is 0 Å². The molecule has 0 aromatic heterocycles. The Bertz CT molecular complexity index is 470. The van der Waals surface area contributed by atoms with Crippen LogP contribution in [0.3, 0.4) is 0 Å². The molecule has 0 saturated carbocycles. The van der Waals surface area contributed by atoms with E-state index in [1.165, 1.54) is 25.7 Å². The molecule has 0 unspecified atom stereocenters. The number of phenolic OH excluding ortho intramolecular Hbond substituents is 1. The van der Waals surface area contributed by atoms with E-state index >= 15 is 0 Å². The van der Waals surface area contributed by atoms with Crippen LogP contribution in [0.1, 0.15) is 63.9 Å². The van der Waals surface area contributed by atoms with Crippen LogP contribution in [-0.2, 0) is 11.2 Å². The molecule has 3 nitrogen and oxygen atoms in total. The van der Waals surface area contributed by atoms with Crippen molar-refractivity contribution in [2.75, 3.05) is 11.4 Å². The summed E-state index contributed by atoms with van der Waals surface area (Å²) in [5, 5.41) is 10.1. The second-order valence-electron chi connectivity index (χ2n) is 5.95. The van der Waals surface area contributed by atoms with Crippen LogP contribution in [0.25, 0.3) is 0 Å². The number of amides is 1. The number of rotatable bonds is 7. The average molecular weight is 289 g/mol. The highest BCUT2D eigenvalue weighted by atomic mass is 16.3. The van der Waals surface area contributed by atoms with Crippen molar-refractivity contribution >= 4 is 11.6 Å². The fourth-order valence-electron chi connectivity index (χ4n) is 3.07. The first-order valence-electron chi connectivity index (χ1n) is 8.35. The van der Waals surface area contributed by atoms with E-state index in [-0.39, 0.29) is 11.7 Å². The molecule has 1 aliphatic heterocycles. The zero-order valence-corrected chi connectivity index (χ0v) is 13.1. The number of nitrogens with zero attached hydrogens (tertiary/aromatic N) is 1. The number of para-hydroxylation sites is 1. The number of carbonyl (C=O) groups is 1. The van der Waals surface area contributed by atoms with Gasteiger partial charge >= 0.3 is 0 Å². The number of hydrogen-bond donors (Lipinski definition) is 1. The van der Waals surface area contributed by atoms with Crippen LogP contribution < -0.4 is 4.90 Å². The number of benzene rings is 1. The minimum atomic E-state index is 0.160. The molecular formula is C18H27NO2. The number of aromatic hydroxyl groups is 1. The number of carbonyl (C=O) groups excluding carboxylic acids is 1. The number of unbranched alkanes of at least 4 members (excludes halogenated alkanes) is 5. The molecule has 1 aromatic rings.